The normalized spacial score (nSPS) is 19.4. The smallest absolute Gasteiger partial charge is 0.140 e. The van der Waals surface area contributed by atoms with Crippen molar-refractivity contribution in [3.8, 4) is 0 Å². The fourth-order valence-corrected chi connectivity index (χ4v) is 2.88. The summed E-state index contributed by atoms with van der Waals surface area (Å²) in [7, 11) is 0. The van der Waals surface area contributed by atoms with Crippen molar-refractivity contribution < 1.29 is 4.79 Å². The van der Waals surface area contributed by atoms with Gasteiger partial charge < -0.3 is 5.32 Å². The van der Waals surface area contributed by atoms with E-state index in [2.05, 4.69) is 33.4 Å². The van der Waals surface area contributed by atoms with Gasteiger partial charge in [0, 0.05) is 4.47 Å². The standard InChI is InChI=1S/C13H16BrNO/c1-10(16)13(5-7-15-8-6-13)11-3-2-4-12(14)9-11/h2-4,9,15H,5-8H2,1H3. The van der Waals surface area contributed by atoms with Crippen molar-refractivity contribution >= 4 is 21.7 Å². The molecular formula is C13H16BrNO. The molecule has 0 spiro atoms. The summed E-state index contributed by atoms with van der Waals surface area (Å²) in [6.45, 7) is 3.56. The van der Waals surface area contributed by atoms with Gasteiger partial charge in [-0.25, -0.2) is 0 Å². The van der Waals surface area contributed by atoms with Gasteiger partial charge in [-0.1, -0.05) is 28.1 Å². The minimum absolute atomic E-state index is 0.269. The third-order valence-electron chi connectivity index (χ3n) is 3.51. The molecule has 1 N–H and O–H groups in total. The highest BCUT2D eigenvalue weighted by Crippen LogP contribution is 2.35. The molecule has 0 atom stereocenters. The average Bonchev–Trinajstić information content (AvgIpc) is 2.30. The summed E-state index contributed by atoms with van der Waals surface area (Å²) < 4.78 is 1.05. The number of benzene rings is 1. The molecule has 1 aromatic rings. The fourth-order valence-electron chi connectivity index (χ4n) is 2.48. The molecule has 1 heterocycles. The first-order valence-corrected chi connectivity index (χ1v) is 6.42. The fraction of sp³-hybridized carbons (Fsp3) is 0.462. The van der Waals surface area contributed by atoms with Gasteiger partial charge in [-0.15, -0.1) is 0 Å². The van der Waals surface area contributed by atoms with E-state index >= 15 is 0 Å². The van der Waals surface area contributed by atoms with E-state index in [-0.39, 0.29) is 11.2 Å². The van der Waals surface area contributed by atoms with E-state index in [4.69, 9.17) is 0 Å². The van der Waals surface area contributed by atoms with Crippen LogP contribution in [0.25, 0.3) is 0 Å². The molecule has 0 amide bonds. The van der Waals surface area contributed by atoms with Crippen LogP contribution in [0.3, 0.4) is 0 Å². The zero-order valence-electron chi connectivity index (χ0n) is 9.42. The van der Waals surface area contributed by atoms with Crippen molar-refractivity contribution in [3.05, 3.63) is 34.3 Å². The Labute approximate surface area is 105 Å². The first kappa shape index (κ1) is 11.8. The van der Waals surface area contributed by atoms with Crippen LogP contribution < -0.4 is 5.32 Å². The Kier molecular flexibility index (Phi) is 3.45. The minimum Gasteiger partial charge on any atom is -0.317 e. The van der Waals surface area contributed by atoms with Gasteiger partial charge in [0.15, 0.2) is 0 Å². The number of ketones is 1. The molecule has 2 nitrogen and oxygen atoms in total. The van der Waals surface area contributed by atoms with Gasteiger partial charge in [0.25, 0.3) is 0 Å². The summed E-state index contributed by atoms with van der Waals surface area (Å²) in [5, 5.41) is 3.31. The number of Topliss-reactive ketones (excluding diaryl/α,β-unsaturated/α-hetero) is 1. The summed E-state index contributed by atoms with van der Waals surface area (Å²) >= 11 is 3.48. The van der Waals surface area contributed by atoms with Crippen LogP contribution in [-0.4, -0.2) is 18.9 Å². The molecule has 0 unspecified atom stereocenters. The number of hydrogen-bond acceptors (Lipinski definition) is 2. The molecule has 0 radical (unpaired) electrons. The number of carbonyl (C=O) groups excluding carboxylic acids is 1. The van der Waals surface area contributed by atoms with E-state index in [1.165, 1.54) is 0 Å². The topological polar surface area (TPSA) is 29.1 Å². The van der Waals surface area contributed by atoms with E-state index in [0.29, 0.717) is 0 Å². The van der Waals surface area contributed by atoms with Crippen LogP contribution in [-0.2, 0) is 10.2 Å². The third-order valence-corrected chi connectivity index (χ3v) is 4.00. The Morgan fingerprint density at radius 3 is 2.62 bits per heavy atom. The summed E-state index contributed by atoms with van der Waals surface area (Å²) in [5.41, 5.74) is 0.880. The number of hydrogen-bond donors (Lipinski definition) is 1. The maximum Gasteiger partial charge on any atom is 0.140 e. The van der Waals surface area contributed by atoms with Gasteiger partial charge in [-0.3, -0.25) is 4.79 Å². The largest absolute Gasteiger partial charge is 0.317 e. The number of rotatable bonds is 2. The summed E-state index contributed by atoms with van der Waals surface area (Å²) in [4.78, 5) is 12.0. The van der Waals surface area contributed by atoms with Gasteiger partial charge >= 0.3 is 0 Å². The highest BCUT2D eigenvalue weighted by molar-refractivity contribution is 9.10. The third kappa shape index (κ3) is 2.06. The average molecular weight is 282 g/mol. The molecular weight excluding hydrogens is 266 g/mol. The Balaban J connectivity index is 2.42. The molecule has 1 aliphatic rings. The molecule has 0 aromatic heterocycles. The summed E-state index contributed by atoms with van der Waals surface area (Å²) in [5.74, 6) is 0.284. The van der Waals surface area contributed by atoms with E-state index < -0.39 is 0 Å². The zero-order valence-corrected chi connectivity index (χ0v) is 11.0. The molecule has 1 saturated heterocycles. The Hall–Kier alpha value is -0.670. The van der Waals surface area contributed by atoms with E-state index in [1.807, 2.05) is 12.1 Å². The summed E-state index contributed by atoms with van der Waals surface area (Å²) in [6, 6.07) is 8.15. The van der Waals surface area contributed by atoms with Crippen molar-refractivity contribution in [1.82, 2.24) is 5.32 Å². The number of nitrogens with one attached hydrogen (secondary N) is 1. The maximum atomic E-state index is 12.0. The van der Waals surface area contributed by atoms with Crippen LogP contribution in [0.2, 0.25) is 0 Å². The summed E-state index contributed by atoms with van der Waals surface area (Å²) in [6.07, 6.45) is 1.80. The minimum atomic E-state index is -0.269. The predicted molar refractivity (Wildman–Crippen MR) is 68.6 cm³/mol. The van der Waals surface area contributed by atoms with E-state index in [1.54, 1.807) is 6.92 Å². The molecule has 0 saturated carbocycles. The quantitative estimate of drug-likeness (QED) is 0.903. The number of carbonyl (C=O) groups is 1. The van der Waals surface area contributed by atoms with Crippen LogP contribution in [0, 0.1) is 0 Å². The van der Waals surface area contributed by atoms with Gasteiger partial charge in [0.2, 0.25) is 0 Å². The van der Waals surface area contributed by atoms with Gasteiger partial charge in [-0.05, 0) is 50.6 Å². The first-order chi connectivity index (χ1) is 7.65. The molecule has 86 valence electrons. The predicted octanol–water partition coefficient (Wildman–Crippen LogP) is 2.66. The Bertz CT molecular complexity index is 397. The zero-order chi connectivity index (χ0) is 11.6. The molecule has 3 heteroatoms. The molecule has 2 rings (SSSR count). The maximum absolute atomic E-state index is 12.0. The van der Waals surface area contributed by atoms with Crippen molar-refractivity contribution in [2.75, 3.05) is 13.1 Å². The van der Waals surface area contributed by atoms with Crippen LogP contribution in [0.1, 0.15) is 25.3 Å². The van der Waals surface area contributed by atoms with Crippen LogP contribution in [0.5, 0.6) is 0 Å². The molecule has 1 aromatic carbocycles. The molecule has 1 aliphatic heterocycles. The SMILES string of the molecule is CC(=O)C1(c2cccc(Br)c2)CCNCC1. The lowest BCUT2D eigenvalue weighted by molar-refractivity contribution is -0.123. The van der Waals surface area contributed by atoms with Crippen molar-refractivity contribution in [1.29, 1.82) is 0 Å². The highest BCUT2D eigenvalue weighted by atomic mass is 79.9. The van der Waals surface area contributed by atoms with Gasteiger partial charge in [-0.2, -0.15) is 0 Å². The first-order valence-electron chi connectivity index (χ1n) is 5.63. The van der Waals surface area contributed by atoms with Crippen molar-refractivity contribution in [2.45, 2.75) is 25.2 Å². The van der Waals surface area contributed by atoms with Crippen molar-refractivity contribution in [3.63, 3.8) is 0 Å². The molecule has 0 aliphatic carbocycles. The van der Waals surface area contributed by atoms with Gasteiger partial charge in [0.05, 0.1) is 5.41 Å². The second-order valence-corrected chi connectivity index (χ2v) is 5.31. The lowest BCUT2D eigenvalue weighted by Gasteiger charge is -2.36. The van der Waals surface area contributed by atoms with E-state index in [9.17, 15) is 4.79 Å². The van der Waals surface area contributed by atoms with Crippen LogP contribution in [0.15, 0.2) is 28.7 Å². The van der Waals surface area contributed by atoms with E-state index in [0.717, 1.165) is 36.0 Å². The lowest BCUT2D eigenvalue weighted by atomic mass is 9.70. The Morgan fingerprint density at radius 2 is 2.06 bits per heavy atom. The second-order valence-electron chi connectivity index (χ2n) is 4.40. The lowest BCUT2D eigenvalue weighted by Crippen LogP contribution is -2.44. The second kappa shape index (κ2) is 4.68. The highest BCUT2D eigenvalue weighted by Gasteiger charge is 2.38. The Morgan fingerprint density at radius 1 is 1.38 bits per heavy atom. The number of piperidine rings is 1. The van der Waals surface area contributed by atoms with Crippen LogP contribution >= 0.6 is 15.9 Å². The molecule has 16 heavy (non-hydrogen) atoms. The van der Waals surface area contributed by atoms with Crippen molar-refractivity contribution in [2.24, 2.45) is 0 Å². The molecule has 1 fully saturated rings. The molecule has 0 bridgehead atoms. The monoisotopic (exact) mass is 281 g/mol. The van der Waals surface area contributed by atoms with Gasteiger partial charge in [0.1, 0.15) is 5.78 Å². The van der Waals surface area contributed by atoms with Crippen LogP contribution in [0.4, 0.5) is 0 Å². The number of halogens is 1.